The first kappa shape index (κ1) is 14.6. The van der Waals surface area contributed by atoms with Gasteiger partial charge in [-0.05, 0) is 32.0 Å². The zero-order valence-electron chi connectivity index (χ0n) is 10.5. The van der Waals surface area contributed by atoms with Crippen LogP contribution in [0.5, 0.6) is 0 Å². The van der Waals surface area contributed by atoms with Crippen LogP contribution in [-0.2, 0) is 0 Å². The van der Waals surface area contributed by atoms with E-state index in [1.54, 1.807) is 4.90 Å². The summed E-state index contributed by atoms with van der Waals surface area (Å²) in [5.41, 5.74) is 0.167. The number of nitrogens with one attached hydrogen (secondary N) is 1. The fourth-order valence-corrected chi connectivity index (χ4v) is 2.72. The second-order valence-electron chi connectivity index (χ2n) is 4.63. The number of hydrogen-bond acceptors (Lipinski definition) is 2. The molecule has 1 fully saturated rings. The number of carbonyl (C=O) groups excluding carboxylic acids is 1. The second kappa shape index (κ2) is 6.07. The molecule has 1 amide bonds. The number of halogens is 3. The van der Waals surface area contributed by atoms with Gasteiger partial charge in [-0.1, -0.05) is 23.2 Å². The molecule has 0 unspecified atom stereocenters. The maximum atomic E-state index is 13.5. The molecule has 0 radical (unpaired) electrons. The molecule has 0 saturated carbocycles. The first-order chi connectivity index (χ1) is 9.02. The van der Waals surface area contributed by atoms with Gasteiger partial charge >= 0.3 is 0 Å². The van der Waals surface area contributed by atoms with Gasteiger partial charge in [-0.3, -0.25) is 4.79 Å². The highest BCUT2D eigenvalue weighted by molar-refractivity contribution is 6.36. The summed E-state index contributed by atoms with van der Waals surface area (Å²) in [7, 11) is 1.87. The van der Waals surface area contributed by atoms with E-state index in [9.17, 15) is 9.18 Å². The van der Waals surface area contributed by atoms with Gasteiger partial charge in [0, 0.05) is 19.1 Å². The Kier molecular flexibility index (Phi) is 4.66. The highest BCUT2D eigenvalue weighted by Gasteiger charge is 2.25. The van der Waals surface area contributed by atoms with Crippen LogP contribution in [0.2, 0.25) is 10.0 Å². The SMILES string of the molecule is CN[C@@H]1CCCN(C(=O)c2cc(F)c(Cl)cc2Cl)C1. The molecule has 1 aliphatic heterocycles. The van der Waals surface area contributed by atoms with E-state index in [1.807, 2.05) is 7.05 Å². The van der Waals surface area contributed by atoms with Crippen LogP contribution in [-0.4, -0.2) is 37.0 Å². The van der Waals surface area contributed by atoms with Crippen molar-refractivity contribution in [1.29, 1.82) is 0 Å². The van der Waals surface area contributed by atoms with Crippen LogP contribution < -0.4 is 5.32 Å². The Morgan fingerprint density at radius 3 is 2.84 bits per heavy atom. The molecule has 3 nitrogen and oxygen atoms in total. The molecule has 0 aliphatic carbocycles. The van der Waals surface area contributed by atoms with Crippen LogP contribution in [0.15, 0.2) is 12.1 Å². The molecule has 1 saturated heterocycles. The normalized spacial score (nSPS) is 19.6. The van der Waals surface area contributed by atoms with Crippen molar-refractivity contribution in [2.45, 2.75) is 18.9 Å². The van der Waals surface area contributed by atoms with Crippen LogP contribution in [0.25, 0.3) is 0 Å². The van der Waals surface area contributed by atoms with Crippen LogP contribution in [0.4, 0.5) is 4.39 Å². The molecule has 1 aromatic rings. The molecule has 0 bridgehead atoms. The molecule has 1 heterocycles. The minimum Gasteiger partial charge on any atom is -0.337 e. The second-order valence-corrected chi connectivity index (χ2v) is 5.44. The third-order valence-corrected chi connectivity index (χ3v) is 3.96. The molecule has 1 atom stereocenters. The van der Waals surface area contributed by atoms with E-state index in [0.29, 0.717) is 13.1 Å². The summed E-state index contributed by atoms with van der Waals surface area (Å²) >= 11 is 11.6. The van der Waals surface area contributed by atoms with Crippen molar-refractivity contribution in [3.05, 3.63) is 33.6 Å². The maximum Gasteiger partial charge on any atom is 0.255 e. The van der Waals surface area contributed by atoms with Gasteiger partial charge in [-0.25, -0.2) is 4.39 Å². The van der Waals surface area contributed by atoms with Crippen molar-refractivity contribution >= 4 is 29.1 Å². The van der Waals surface area contributed by atoms with Gasteiger partial charge in [-0.15, -0.1) is 0 Å². The first-order valence-corrected chi connectivity index (χ1v) is 6.89. The largest absolute Gasteiger partial charge is 0.337 e. The molecule has 1 aliphatic rings. The summed E-state index contributed by atoms with van der Waals surface area (Å²) in [5.74, 6) is -0.878. The van der Waals surface area contributed by atoms with Crippen molar-refractivity contribution in [3.63, 3.8) is 0 Å². The summed E-state index contributed by atoms with van der Waals surface area (Å²) in [6.45, 7) is 1.27. The quantitative estimate of drug-likeness (QED) is 0.852. The number of rotatable bonds is 2. The zero-order chi connectivity index (χ0) is 14.0. The van der Waals surface area contributed by atoms with Crippen molar-refractivity contribution in [1.82, 2.24) is 10.2 Å². The fraction of sp³-hybridized carbons (Fsp3) is 0.462. The highest BCUT2D eigenvalue weighted by Crippen LogP contribution is 2.26. The monoisotopic (exact) mass is 304 g/mol. The minimum absolute atomic E-state index is 0.0757. The number of hydrogen-bond donors (Lipinski definition) is 1. The molecule has 6 heteroatoms. The summed E-state index contributed by atoms with van der Waals surface area (Å²) < 4.78 is 13.5. The van der Waals surface area contributed by atoms with E-state index in [2.05, 4.69) is 5.32 Å². The van der Waals surface area contributed by atoms with E-state index >= 15 is 0 Å². The van der Waals surface area contributed by atoms with Crippen LogP contribution in [0, 0.1) is 5.82 Å². The van der Waals surface area contributed by atoms with Gasteiger partial charge in [0.1, 0.15) is 5.82 Å². The van der Waals surface area contributed by atoms with Crippen molar-refractivity contribution in [2.75, 3.05) is 20.1 Å². The summed E-state index contributed by atoms with van der Waals surface area (Å²) in [6.07, 6.45) is 1.95. The lowest BCUT2D eigenvalue weighted by Gasteiger charge is -2.32. The number of benzene rings is 1. The van der Waals surface area contributed by atoms with E-state index < -0.39 is 5.82 Å². The predicted octanol–water partition coefficient (Wildman–Crippen LogP) is 2.96. The van der Waals surface area contributed by atoms with Crippen LogP contribution in [0.1, 0.15) is 23.2 Å². The average Bonchev–Trinajstić information content (AvgIpc) is 2.42. The third-order valence-electron chi connectivity index (χ3n) is 3.36. The first-order valence-electron chi connectivity index (χ1n) is 6.14. The molecule has 19 heavy (non-hydrogen) atoms. The molecule has 1 N–H and O–H groups in total. The van der Waals surface area contributed by atoms with Gasteiger partial charge in [0.15, 0.2) is 0 Å². The molecule has 104 valence electrons. The van der Waals surface area contributed by atoms with Crippen LogP contribution in [0.3, 0.4) is 0 Å². The molecule has 2 rings (SSSR count). The summed E-state index contributed by atoms with van der Waals surface area (Å²) in [5, 5.41) is 3.26. The Balaban J connectivity index is 2.22. The molecular weight excluding hydrogens is 290 g/mol. The van der Waals surface area contributed by atoms with E-state index in [0.717, 1.165) is 18.9 Å². The van der Waals surface area contributed by atoms with Crippen molar-refractivity contribution < 1.29 is 9.18 Å². The Morgan fingerprint density at radius 1 is 1.42 bits per heavy atom. The smallest absolute Gasteiger partial charge is 0.255 e. The number of likely N-dealkylation sites (N-methyl/N-ethyl adjacent to an activating group) is 1. The predicted molar refractivity (Wildman–Crippen MR) is 74.4 cm³/mol. The molecule has 1 aromatic carbocycles. The van der Waals surface area contributed by atoms with E-state index in [4.69, 9.17) is 23.2 Å². The van der Waals surface area contributed by atoms with Gasteiger partial charge in [0.25, 0.3) is 5.91 Å². The number of nitrogens with zero attached hydrogens (tertiary/aromatic N) is 1. The van der Waals surface area contributed by atoms with Gasteiger partial charge in [0.05, 0.1) is 15.6 Å². The number of piperidine rings is 1. The summed E-state index contributed by atoms with van der Waals surface area (Å²) in [6, 6.07) is 2.65. The average molecular weight is 305 g/mol. The van der Waals surface area contributed by atoms with Crippen molar-refractivity contribution in [2.24, 2.45) is 0 Å². The Morgan fingerprint density at radius 2 is 2.16 bits per heavy atom. The zero-order valence-corrected chi connectivity index (χ0v) is 12.1. The molecule has 0 aromatic heterocycles. The van der Waals surface area contributed by atoms with Gasteiger partial charge in [0.2, 0.25) is 0 Å². The van der Waals surface area contributed by atoms with Crippen LogP contribution >= 0.6 is 23.2 Å². The molecular formula is C13H15Cl2FN2O. The number of amides is 1. The minimum atomic E-state index is -0.628. The van der Waals surface area contributed by atoms with E-state index in [1.165, 1.54) is 6.07 Å². The fourth-order valence-electron chi connectivity index (χ4n) is 2.25. The lowest BCUT2D eigenvalue weighted by molar-refractivity contribution is 0.0698. The van der Waals surface area contributed by atoms with Gasteiger partial charge in [-0.2, -0.15) is 0 Å². The lowest BCUT2D eigenvalue weighted by atomic mass is 10.0. The topological polar surface area (TPSA) is 32.3 Å². The third kappa shape index (κ3) is 3.19. The Hall–Kier alpha value is -0.840. The standard InChI is InChI=1S/C13H15Cl2FN2O/c1-17-8-3-2-4-18(7-8)13(19)9-5-12(16)11(15)6-10(9)14/h5-6,8,17H,2-4,7H2,1H3/t8-/m1/s1. The lowest BCUT2D eigenvalue weighted by Crippen LogP contribution is -2.47. The number of likely N-dealkylation sites (tertiary alicyclic amines) is 1. The molecule has 0 spiro atoms. The maximum absolute atomic E-state index is 13.5. The number of carbonyl (C=O) groups is 1. The Labute approximate surface area is 121 Å². The van der Waals surface area contributed by atoms with E-state index in [-0.39, 0.29) is 27.6 Å². The van der Waals surface area contributed by atoms with Crippen molar-refractivity contribution in [3.8, 4) is 0 Å². The van der Waals surface area contributed by atoms with Gasteiger partial charge < -0.3 is 10.2 Å². The highest BCUT2D eigenvalue weighted by atomic mass is 35.5. The Bertz CT molecular complexity index is 496. The summed E-state index contributed by atoms with van der Waals surface area (Å²) in [4.78, 5) is 14.0.